The molecule has 1 N–H and O–H groups in total. The van der Waals surface area contributed by atoms with E-state index in [0.717, 1.165) is 16.5 Å². The van der Waals surface area contributed by atoms with Gasteiger partial charge in [-0.15, -0.1) is 11.3 Å². The number of nitrogens with one attached hydrogen (secondary N) is 1. The first-order valence-corrected chi connectivity index (χ1v) is 7.40. The number of thiophene rings is 1. The van der Waals surface area contributed by atoms with E-state index in [1.165, 1.54) is 17.4 Å². The zero-order valence-electron chi connectivity index (χ0n) is 10.2. The lowest BCUT2D eigenvalue weighted by atomic mass is 10.2. The molecule has 0 saturated carbocycles. The molecule has 0 radical (unpaired) electrons. The van der Waals surface area contributed by atoms with Crippen molar-refractivity contribution >= 4 is 50.5 Å². The van der Waals surface area contributed by atoms with Crippen molar-refractivity contribution in [3.8, 4) is 0 Å². The summed E-state index contributed by atoms with van der Waals surface area (Å²) in [6.07, 6.45) is 0. The number of halogens is 3. The Morgan fingerprint density at radius 3 is 2.58 bits per heavy atom. The number of amides is 1. The van der Waals surface area contributed by atoms with Crippen molar-refractivity contribution in [2.24, 2.45) is 0 Å². The van der Waals surface area contributed by atoms with Gasteiger partial charge in [-0.05, 0) is 53.5 Å². The molecule has 0 aliphatic heterocycles. The van der Waals surface area contributed by atoms with E-state index in [1.54, 1.807) is 0 Å². The molecule has 0 fully saturated rings. The van der Waals surface area contributed by atoms with Crippen molar-refractivity contribution in [2.45, 2.75) is 13.8 Å². The summed E-state index contributed by atoms with van der Waals surface area (Å²) < 4.78 is 13.5. The Labute approximate surface area is 127 Å². The molecule has 100 valence electrons. The van der Waals surface area contributed by atoms with Gasteiger partial charge in [0.25, 0.3) is 5.91 Å². The smallest absolute Gasteiger partial charge is 0.265 e. The second-order valence-electron chi connectivity index (χ2n) is 4.05. The largest absolute Gasteiger partial charge is 0.319 e. The summed E-state index contributed by atoms with van der Waals surface area (Å²) in [5.74, 6) is -0.715. The minimum atomic E-state index is -0.460. The fraction of sp³-hybridized carbons (Fsp3) is 0.154. The van der Waals surface area contributed by atoms with E-state index >= 15 is 0 Å². The average Bonchev–Trinajstić information content (AvgIpc) is 2.64. The van der Waals surface area contributed by atoms with E-state index in [0.29, 0.717) is 15.0 Å². The molecular formula is C13H10BrClFNOS. The van der Waals surface area contributed by atoms with E-state index in [9.17, 15) is 9.18 Å². The van der Waals surface area contributed by atoms with Crippen LogP contribution in [0.2, 0.25) is 5.02 Å². The maximum absolute atomic E-state index is 13.1. The lowest BCUT2D eigenvalue weighted by Gasteiger charge is -2.08. The van der Waals surface area contributed by atoms with Gasteiger partial charge in [-0.3, -0.25) is 4.79 Å². The molecule has 19 heavy (non-hydrogen) atoms. The highest BCUT2D eigenvalue weighted by atomic mass is 79.9. The van der Waals surface area contributed by atoms with E-state index in [1.807, 2.05) is 19.9 Å². The Balaban J connectivity index is 2.29. The second kappa shape index (κ2) is 5.61. The third-order valence-corrected chi connectivity index (χ3v) is 4.71. The number of rotatable bonds is 2. The molecular weight excluding hydrogens is 353 g/mol. The minimum absolute atomic E-state index is 0.158. The van der Waals surface area contributed by atoms with Crippen LogP contribution in [0.5, 0.6) is 0 Å². The summed E-state index contributed by atoms with van der Waals surface area (Å²) in [6.45, 7) is 3.90. The fourth-order valence-corrected chi connectivity index (χ4v) is 3.35. The van der Waals surface area contributed by atoms with Gasteiger partial charge in [0.2, 0.25) is 0 Å². The van der Waals surface area contributed by atoms with Crippen LogP contribution in [0.3, 0.4) is 0 Å². The Morgan fingerprint density at radius 1 is 1.37 bits per heavy atom. The zero-order chi connectivity index (χ0) is 14.2. The van der Waals surface area contributed by atoms with Crippen LogP contribution in [-0.2, 0) is 0 Å². The van der Waals surface area contributed by atoms with Crippen LogP contribution in [0.25, 0.3) is 0 Å². The van der Waals surface area contributed by atoms with Crippen LogP contribution in [0.1, 0.15) is 20.1 Å². The standard InChI is InChI=1S/C13H10BrClFNOS/c1-6-3-11(19-7(6)2)13(18)17-12-9(14)4-8(16)5-10(12)15/h3-5H,1-2H3,(H,17,18). The highest BCUT2D eigenvalue weighted by Gasteiger charge is 2.15. The Bertz CT molecular complexity index is 614. The number of hydrogen-bond acceptors (Lipinski definition) is 2. The highest BCUT2D eigenvalue weighted by molar-refractivity contribution is 9.10. The van der Waals surface area contributed by atoms with Gasteiger partial charge < -0.3 is 5.32 Å². The molecule has 0 aliphatic carbocycles. The molecule has 0 unspecified atom stereocenters. The second-order valence-corrected chi connectivity index (χ2v) is 6.57. The molecule has 1 heterocycles. The van der Waals surface area contributed by atoms with E-state index < -0.39 is 5.82 Å². The van der Waals surface area contributed by atoms with Crippen molar-refractivity contribution < 1.29 is 9.18 Å². The molecule has 1 amide bonds. The summed E-state index contributed by atoms with van der Waals surface area (Å²) in [7, 11) is 0. The molecule has 2 nitrogen and oxygen atoms in total. The van der Waals surface area contributed by atoms with Crippen molar-refractivity contribution in [1.29, 1.82) is 0 Å². The maximum atomic E-state index is 13.1. The lowest BCUT2D eigenvalue weighted by molar-refractivity contribution is 0.103. The van der Waals surface area contributed by atoms with Gasteiger partial charge in [-0.1, -0.05) is 11.6 Å². The van der Waals surface area contributed by atoms with Crippen LogP contribution in [0.15, 0.2) is 22.7 Å². The molecule has 1 aromatic heterocycles. The number of carbonyl (C=O) groups excluding carboxylic acids is 1. The summed E-state index contributed by atoms with van der Waals surface area (Å²) in [6, 6.07) is 4.24. The van der Waals surface area contributed by atoms with Crippen LogP contribution in [0, 0.1) is 19.7 Å². The maximum Gasteiger partial charge on any atom is 0.265 e. The number of hydrogen-bond donors (Lipinski definition) is 1. The van der Waals surface area contributed by atoms with Gasteiger partial charge in [0, 0.05) is 9.35 Å². The first kappa shape index (κ1) is 14.5. The minimum Gasteiger partial charge on any atom is -0.319 e. The normalized spacial score (nSPS) is 10.6. The van der Waals surface area contributed by atoms with Gasteiger partial charge >= 0.3 is 0 Å². The third kappa shape index (κ3) is 3.16. The predicted molar refractivity (Wildman–Crippen MR) is 80.9 cm³/mol. The predicted octanol–water partition coefficient (Wildman–Crippen LogP) is 5.17. The summed E-state index contributed by atoms with van der Waals surface area (Å²) in [5.41, 5.74) is 1.44. The average molecular weight is 363 g/mol. The van der Waals surface area contributed by atoms with E-state index in [4.69, 9.17) is 11.6 Å². The zero-order valence-corrected chi connectivity index (χ0v) is 13.3. The van der Waals surface area contributed by atoms with E-state index in [-0.39, 0.29) is 10.9 Å². The van der Waals surface area contributed by atoms with Gasteiger partial charge in [-0.2, -0.15) is 0 Å². The van der Waals surface area contributed by atoms with E-state index in [2.05, 4.69) is 21.2 Å². The Morgan fingerprint density at radius 2 is 2.05 bits per heavy atom. The SMILES string of the molecule is Cc1cc(C(=O)Nc2c(Cl)cc(F)cc2Br)sc1C. The lowest BCUT2D eigenvalue weighted by Crippen LogP contribution is -2.11. The molecule has 0 atom stereocenters. The van der Waals surface area contributed by atoms with Gasteiger partial charge in [-0.25, -0.2) is 4.39 Å². The Hall–Kier alpha value is -0.910. The number of aryl methyl sites for hydroxylation is 2. The number of benzene rings is 1. The quantitative estimate of drug-likeness (QED) is 0.784. The van der Waals surface area contributed by atoms with Crippen LogP contribution in [0.4, 0.5) is 10.1 Å². The van der Waals surface area contributed by atoms with Gasteiger partial charge in [0.1, 0.15) is 5.82 Å². The van der Waals surface area contributed by atoms with Gasteiger partial charge in [0.15, 0.2) is 0 Å². The monoisotopic (exact) mass is 361 g/mol. The van der Waals surface area contributed by atoms with Crippen LogP contribution >= 0.6 is 38.9 Å². The fourth-order valence-electron chi connectivity index (χ4n) is 1.52. The first-order valence-electron chi connectivity index (χ1n) is 5.41. The van der Waals surface area contributed by atoms with Crippen molar-refractivity contribution in [3.05, 3.63) is 48.8 Å². The topological polar surface area (TPSA) is 29.1 Å². The van der Waals surface area contributed by atoms with Crippen molar-refractivity contribution in [3.63, 3.8) is 0 Å². The molecule has 0 spiro atoms. The number of carbonyl (C=O) groups is 1. The van der Waals surface area contributed by atoms with Crippen LogP contribution < -0.4 is 5.32 Å². The first-order chi connectivity index (χ1) is 8.88. The third-order valence-electron chi connectivity index (χ3n) is 2.64. The molecule has 1 aromatic carbocycles. The summed E-state index contributed by atoms with van der Waals surface area (Å²) >= 11 is 10.5. The summed E-state index contributed by atoms with van der Waals surface area (Å²) in [5, 5.41) is 2.85. The number of anilines is 1. The molecule has 0 aliphatic rings. The summed E-state index contributed by atoms with van der Waals surface area (Å²) in [4.78, 5) is 13.8. The highest BCUT2D eigenvalue weighted by Crippen LogP contribution is 2.32. The molecule has 2 rings (SSSR count). The van der Waals surface area contributed by atoms with Crippen molar-refractivity contribution in [2.75, 3.05) is 5.32 Å². The molecule has 6 heteroatoms. The molecule has 0 saturated heterocycles. The van der Waals surface area contributed by atoms with Gasteiger partial charge in [0.05, 0.1) is 15.6 Å². The molecule has 2 aromatic rings. The molecule has 0 bridgehead atoms. The van der Waals surface area contributed by atoms with Crippen LogP contribution in [-0.4, -0.2) is 5.91 Å². The van der Waals surface area contributed by atoms with Crippen molar-refractivity contribution in [1.82, 2.24) is 0 Å². The Kier molecular flexibility index (Phi) is 4.28.